The minimum atomic E-state index is -3.76. The van der Waals surface area contributed by atoms with E-state index in [1.54, 1.807) is 22.3 Å². The van der Waals surface area contributed by atoms with Crippen LogP contribution in [0.15, 0.2) is 76.6 Å². The molecule has 0 bridgehead atoms. The van der Waals surface area contributed by atoms with Crippen molar-refractivity contribution in [3.8, 4) is 17.0 Å². The van der Waals surface area contributed by atoms with Crippen molar-refractivity contribution in [3.63, 3.8) is 0 Å². The van der Waals surface area contributed by atoms with Crippen LogP contribution in [0.5, 0.6) is 5.75 Å². The number of imidazole rings is 1. The number of amides is 1. The fourth-order valence-corrected chi connectivity index (χ4v) is 5.85. The highest BCUT2D eigenvalue weighted by molar-refractivity contribution is 7.93. The van der Waals surface area contributed by atoms with E-state index in [1.807, 2.05) is 30.5 Å². The van der Waals surface area contributed by atoms with E-state index >= 15 is 0 Å². The molecular formula is C22H17N5O4S3. The van der Waals surface area contributed by atoms with E-state index in [0.29, 0.717) is 16.3 Å². The molecule has 0 atom stereocenters. The molecule has 0 spiro atoms. The summed E-state index contributed by atoms with van der Waals surface area (Å²) in [5, 5.41) is 6.49. The van der Waals surface area contributed by atoms with Crippen molar-refractivity contribution in [1.82, 2.24) is 14.4 Å². The number of carbonyl (C=O) groups is 1. The Hall–Kier alpha value is -3.74. The number of aromatic nitrogens is 3. The molecule has 0 aliphatic heterocycles. The third-order valence-electron chi connectivity index (χ3n) is 4.90. The maximum atomic E-state index is 12.9. The Morgan fingerprint density at radius 1 is 1.06 bits per heavy atom. The van der Waals surface area contributed by atoms with Crippen molar-refractivity contribution in [1.29, 1.82) is 0 Å². The highest BCUT2D eigenvalue weighted by atomic mass is 32.2. The monoisotopic (exact) mass is 511 g/mol. The third kappa shape index (κ3) is 4.38. The van der Waals surface area contributed by atoms with E-state index in [9.17, 15) is 13.2 Å². The number of methoxy groups -OCH3 is 1. The lowest BCUT2D eigenvalue weighted by atomic mass is 10.2. The van der Waals surface area contributed by atoms with E-state index in [1.165, 1.54) is 53.1 Å². The molecule has 2 N–H and O–H groups in total. The summed E-state index contributed by atoms with van der Waals surface area (Å²) < 4.78 is 34.3. The number of fused-ring (bicyclic) bond motifs is 1. The van der Waals surface area contributed by atoms with Crippen molar-refractivity contribution in [2.45, 2.75) is 4.90 Å². The Kier molecular flexibility index (Phi) is 5.77. The Labute approximate surface area is 202 Å². The topological polar surface area (TPSA) is 115 Å². The average Bonchev–Trinajstić information content (AvgIpc) is 3.57. The lowest BCUT2D eigenvalue weighted by molar-refractivity contribution is 0.102. The number of hydrogen-bond donors (Lipinski definition) is 2. The van der Waals surface area contributed by atoms with Crippen LogP contribution in [0.4, 0.5) is 10.8 Å². The predicted molar refractivity (Wildman–Crippen MR) is 132 cm³/mol. The van der Waals surface area contributed by atoms with Gasteiger partial charge in [0.15, 0.2) is 10.1 Å². The molecule has 34 heavy (non-hydrogen) atoms. The Morgan fingerprint density at radius 3 is 2.50 bits per heavy atom. The first-order chi connectivity index (χ1) is 16.4. The number of nitrogens with zero attached hydrogens (tertiary/aromatic N) is 3. The molecule has 2 aromatic carbocycles. The van der Waals surface area contributed by atoms with Gasteiger partial charge in [-0.2, -0.15) is 0 Å². The summed E-state index contributed by atoms with van der Waals surface area (Å²) in [6.45, 7) is 0. The van der Waals surface area contributed by atoms with Crippen LogP contribution in [0, 0.1) is 0 Å². The molecule has 0 saturated heterocycles. The van der Waals surface area contributed by atoms with Gasteiger partial charge in [0.1, 0.15) is 11.4 Å². The molecule has 0 saturated carbocycles. The number of thiazole rings is 2. The van der Waals surface area contributed by atoms with E-state index in [4.69, 9.17) is 4.74 Å². The molecule has 9 nitrogen and oxygen atoms in total. The molecule has 172 valence electrons. The number of ether oxygens (including phenoxy) is 1. The molecule has 12 heteroatoms. The zero-order chi connectivity index (χ0) is 23.7. The smallest absolute Gasteiger partial charge is 0.273 e. The van der Waals surface area contributed by atoms with Crippen LogP contribution in [0.1, 0.15) is 10.5 Å². The Bertz CT molecular complexity index is 1560. The van der Waals surface area contributed by atoms with Gasteiger partial charge in [-0.05, 0) is 48.5 Å². The zero-order valence-electron chi connectivity index (χ0n) is 17.6. The molecule has 0 unspecified atom stereocenters. The summed E-state index contributed by atoms with van der Waals surface area (Å²) in [5.41, 5.74) is 2.54. The van der Waals surface area contributed by atoms with Crippen LogP contribution >= 0.6 is 22.7 Å². The summed E-state index contributed by atoms with van der Waals surface area (Å²) in [7, 11) is -2.15. The van der Waals surface area contributed by atoms with E-state index in [0.717, 1.165) is 17.0 Å². The molecule has 1 amide bonds. The molecule has 0 fully saturated rings. The van der Waals surface area contributed by atoms with Gasteiger partial charge >= 0.3 is 0 Å². The van der Waals surface area contributed by atoms with Crippen LogP contribution < -0.4 is 14.8 Å². The van der Waals surface area contributed by atoms with Crippen LogP contribution in [-0.2, 0) is 10.0 Å². The fourth-order valence-electron chi connectivity index (χ4n) is 3.21. The molecule has 5 aromatic rings. The van der Waals surface area contributed by atoms with Crippen LogP contribution in [0.3, 0.4) is 0 Å². The molecule has 5 rings (SSSR count). The first-order valence-corrected chi connectivity index (χ1v) is 13.1. The lowest BCUT2D eigenvalue weighted by Crippen LogP contribution is -2.15. The lowest BCUT2D eigenvalue weighted by Gasteiger charge is -2.08. The Morgan fingerprint density at radius 2 is 1.82 bits per heavy atom. The van der Waals surface area contributed by atoms with Crippen molar-refractivity contribution in [3.05, 3.63) is 77.4 Å². The number of benzene rings is 2. The van der Waals surface area contributed by atoms with Crippen LogP contribution in [-0.4, -0.2) is 35.8 Å². The van der Waals surface area contributed by atoms with Crippen molar-refractivity contribution in [2.24, 2.45) is 0 Å². The summed E-state index contributed by atoms with van der Waals surface area (Å²) in [4.78, 5) is 22.2. The summed E-state index contributed by atoms with van der Waals surface area (Å²) in [5.74, 6) is 0.420. The highest BCUT2D eigenvalue weighted by Crippen LogP contribution is 2.26. The van der Waals surface area contributed by atoms with E-state index in [2.05, 4.69) is 20.0 Å². The van der Waals surface area contributed by atoms with Gasteiger partial charge in [-0.1, -0.05) is 0 Å². The van der Waals surface area contributed by atoms with Crippen LogP contribution in [0.2, 0.25) is 0 Å². The molecule has 0 aliphatic rings. The maximum Gasteiger partial charge on any atom is 0.273 e. The van der Waals surface area contributed by atoms with E-state index < -0.39 is 10.0 Å². The van der Waals surface area contributed by atoms with Gasteiger partial charge < -0.3 is 10.1 Å². The van der Waals surface area contributed by atoms with Crippen molar-refractivity contribution < 1.29 is 17.9 Å². The quantitative estimate of drug-likeness (QED) is 0.331. The van der Waals surface area contributed by atoms with E-state index in [-0.39, 0.29) is 15.9 Å². The van der Waals surface area contributed by atoms with Gasteiger partial charge in [-0.3, -0.25) is 13.9 Å². The van der Waals surface area contributed by atoms with Crippen molar-refractivity contribution >= 4 is 54.4 Å². The number of nitrogens with one attached hydrogen (secondary N) is 2. The van der Waals surface area contributed by atoms with Gasteiger partial charge in [-0.15, -0.1) is 22.7 Å². The standard InChI is InChI=1S/C22H17N5O4S3/c1-31-16-6-2-14(3-7-16)18-12-27-19(13-33-22(27)25-18)20(28)24-15-4-8-17(9-5-15)34(29,30)26-21-23-10-11-32-21/h2-13H,1H3,(H,23,26)(H,24,28). The molecule has 0 aliphatic carbocycles. The number of carbonyl (C=O) groups excluding carboxylic acids is 1. The van der Waals surface area contributed by atoms with Gasteiger partial charge in [0.25, 0.3) is 15.9 Å². The van der Waals surface area contributed by atoms with Gasteiger partial charge in [-0.25, -0.2) is 18.4 Å². The van der Waals surface area contributed by atoms with Gasteiger partial charge in [0, 0.05) is 34.4 Å². The minimum absolute atomic E-state index is 0.0670. The predicted octanol–water partition coefficient (Wildman–Crippen LogP) is 4.58. The first-order valence-electron chi connectivity index (χ1n) is 9.88. The highest BCUT2D eigenvalue weighted by Gasteiger charge is 2.18. The average molecular weight is 512 g/mol. The first kappa shape index (κ1) is 22.1. The minimum Gasteiger partial charge on any atom is -0.497 e. The van der Waals surface area contributed by atoms with Crippen LogP contribution in [0.25, 0.3) is 16.2 Å². The zero-order valence-corrected chi connectivity index (χ0v) is 20.1. The number of rotatable bonds is 7. The largest absolute Gasteiger partial charge is 0.497 e. The molecule has 3 aromatic heterocycles. The Balaban J connectivity index is 1.33. The second-order valence-electron chi connectivity index (χ2n) is 7.05. The number of hydrogen-bond acceptors (Lipinski definition) is 8. The molecule has 0 radical (unpaired) electrons. The summed E-state index contributed by atoms with van der Waals surface area (Å²) in [6, 6.07) is 13.4. The SMILES string of the molecule is COc1ccc(-c2cn3c(C(=O)Nc4ccc(S(=O)(=O)Nc5nccs5)cc4)csc3n2)cc1. The number of sulfonamides is 1. The molecule has 3 heterocycles. The van der Waals surface area contributed by atoms with Gasteiger partial charge in [0.05, 0.1) is 17.7 Å². The maximum absolute atomic E-state index is 12.9. The summed E-state index contributed by atoms with van der Waals surface area (Å²) in [6.07, 6.45) is 3.32. The second-order valence-corrected chi connectivity index (χ2v) is 10.5. The van der Waals surface area contributed by atoms with Gasteiger partial charge in [0.2, 0.25) is 0 Å². The second kappa shape index (κ2) is 8.89. The van der Waals surface area contributed by atoms with Crippen molar-refractivity contribution in [2.75, 3.05) is 17.1 Å². The summed E-state index contributed by atoms with van der Waals surface area (Å²) >= 11 is 2.54. The normalized spacial score (nSPS) is 11.4. The third-order valence-corrected chi connectivity index (χ3v) is 7.92. The molecular weight excluding hydrogens is 494 g/mol. The fraction of sp³-hybridized carbons (Fsp3) is 0.0455. The number of anilines is 2.